The van der Waals surface area contributed by atoms with Gasteiger partial charge in [-0.1, -0.05) is 138 Å². The van der Waals surface area contributed by atoms with E-state index in [9.17, 15) is 0 Å². The second kappa shape index (κ2) is 14.3. The number of benzene rings is 4. The van der Waals surface area contributed by atoms with Gasteiger partial charge in [0.25, 0.3) is 0 Å². The maximum atomic E-state index is 3.67. The van der Waals surface area contributed by atoms with Crippen LogP contribution in [0.3, 0.4) is 0 Å². The highest BCUT2D eigenvalue weighted by molar-refractivity contribution is 5.90. The Bertz CT molecular complexity index is 1890. The Morgan fingerprint density at radius 1 is 0.729 bits per heavy atom. The quantitative estimate of drug-likeness (QED) is 0.201. The van der Waals surface area contributed by atoms with Gasteiger partial charge in [-0.15, -0.1) is 0 Å². The van der Waals surface area contributed by atoms with Crippen LogP contribution in [0, 0.1) is 27.7 Å². The highest BCUT2D eigenvalue weighted by Gasteiger charge is 2.38. The molecule has 1 N–H and O–H groups in total. The summed E-state index contributed by atoms with van der Waals surface area (Å²) in [4.78, 5) is 0. The van der Waals surface area contributed by atoms with E-state index in [-0.39, 0.29) is 5.41 Å². The fourth-order valence-corrected chi connectivity index (χ4v) is 8.02. The number of aryl methyl sites for hydroxylation is 4. The van der Waals surface area contributed by atoms with Crippen LogP contribution in [0.25, 0.3) is 17.7 Å². The summed E-state index contributed by atoms with van der Waals surface area (Å²) in [7, 11) is 0. The van der Waals surface area contributed by atoms with E-state index in [1.165, 1.54) is 83.5 Å². The summed E-state index contributed by atoms with van der Waals surface area (Å²) in [5.74, 6) is 0. The van der Waals surface area contributed by atoms with Crippen LogP contribution >= 0.6 is 0 Å². The zero-order valence-electron chi connectivity index (χ0n) is 30.0. The summed E-state index contributed by atoms with van der Waals surface area (Å²) in [6.07, 6.45) is 21.6. The van der Waals surface area contributed by atoms with Crippen molar-refractivity contribution in [2.75, 3.05) is 13.1 Å². The largest absolute Gasteiger partial charge is 0.313 e. The van der Waals surface area contributed by atoms with E-state index in [4.69, 9.17) is 0 Å². The standard InChI is InChI=1S/C47H51N/c1-8-11-36(7)40(12-9-2)46-43-13-10-25-48-26-23-42(43)45-31-47(38-18-14-32(3)15-19-38,39-20-16-33(4)17-21-39)24-22-41(45)44(46)30-37-28-34(5)27-35(6)29-37/h8-22,24,27-29,48H,23,25-26,30-31H2,1-7H3/b11-8-,12-9-,13-10-,40-36+. The Balaban J connectivity index is 1.72. The lowest BCUT2D eigenvalue weighted by Gasteiger charge is -2.39. The molecule has 0 unspecified atom stereocenters. The molecule has 4 aromatic carbocycles. The average molecular weight is 630 g/mol. The molecule has 0 saturated carbocycles. The molecule has 0 fully saturated rings. The number of hydrogen-bond acceptors (Lipinski definition) is 1. The van der Waals surface area contributed by atoms with Crippen molar-refractivity contribution in [3.8, 4) is 0 Å². The molecule has 1 aliphatic carbocycles. The average Bonchev–Trinajstić information content (AvgIpc) is 3.04. The zero-order valence-corrected chi connectivity index (χ0v) is 30.0. The molecule has 0 spiro atoms. The molecule has 48 heavy (non-hydrogen) atoms. The molecule has 244 valence electrons. The minimum absolute atomic E-state index is 0.261. The van der Waals surface area contributed by atoms with Crippen LogP contribution in [-0.2, 0) is 24.7 Å². The van der Waals surface area contributed by atoms with Crippen molar-refractivity contribution >= 4 is 17.7 Å². The van der Waals surface area contributed by atoms with Crippen LogP contribution in [0.1, 0.15) is 93.1 Å². The topological polar surface area (TPSA) is 12.0 Å². The van der Waals surface area contributed by atoms with Crippen molar-refractivity contribution in [2.24, 2.45) is 0 Å². The molecule has 0 radical (unpaired) electrons. The lowest BCUT2D eigenvalue weighted by molar-refractivity contribution is 0.623. The summed E-state index contributed by atoms with van der Waals surface area (Å²) >= 11 is 0. The Kier molecular flexibility index (Phi) is 9.99. The fraction of sp³-hybridized carbons (Fsp3) is 0.277. The molecule has 2 aliphatic rings. The second-order valence-electron chi connectivity index (χ2n) is 14.0. The number of allylic oxidation sites excluding steroid dienone is 7. The smallest absolute Gasteiger partial charge is 0.0425 e. The molecule has 4 aromatic rings. The van der Waals surface area contributed by atoms with Crippen LogP contribution < -0.4 is 5.32 Å². The predicted octanol–water partition coefficient (Wildman–Crippen LogP) is 11.2. The molecule has 6 rings (SSSR count). The van der Waals surface area contributed by atoms with Crippen molar-refractivity contribution in [2.45, 2.75) is 73.1 Å². The molecule has 0 bridgehead atoms. The summed E-state index contributed by atoms with van der Waals surface area (Å²) in [6.45, 7) is 17.2. The van der Waals surface area contributed by atoms with Gasteiger partial charge in [-0.2, -0.15) is 0 Å². The van der Waals surface area contributed by atoms with Gasteiger partial charge < -0.3 is 5.32 Å². The summed E-state index contributed by atoms with van der Waals surface area (Å²) in [5.41, 5.74) is 20.2. The van der Waals surface area contributed by atoms with Gasteiger partial charge in [0.05, 0.1) is 0 Å². The summed E-state index contributed by atoms with van der Waals surface area (Å²) in [6, 6.07) is 25.6. The van der Waals surface area contributed by atoms with Gasteiger partial charge in [-0.3, -0.25) is 0 Å². The molecule has 1 aliphatic heterocycles. The first-order valence-electron chi connectivity index (χ1n) is 17.7. The molecule has 0 amide bonds. The Hall–Kier alpha value is -4.46. The van der Waals surface area contributed by atoms with Crippen molar-refractivity contribution < 1.29 is 0 Å². The maximum Gasteiger partial charge on any atom is 0.0425 e. The summed E-state index contributed by atoms with van der Waals surface area (Å²) in [5, 5.41) is 3.67. The molecule has 0 saturated heterocycles. The SMILES string of the molecule is C\C=C/C(C)=C(\C=C/C)c1c2c(c3c(c1Cc1cc(C)cc(C)c1)C=CC(c1ccc(C)cc1)(c1ccc(C)cc1)C3)CCNC/C=C\2. The minimum Gasteiger partial charge on any atom is -0.313 e. The van der Waals surface area contributed by atoms with Crippen LogP contribution in [-0.4, -0.2) is 13.1 Å². The lowest BCUT2D eigenvalue weighted by atomic mass is 9.64. The van der Waals surface area contributed by atoms with Crippen molar-refractivity contribution in [1.29, 1.82) is 0 Å². The number of fused-ring (bicyclic) bond motifs is 3. The van der Waals surface area contributed by atoms with Crippen LogP contribution in [0.15, 0.2) is 109 Å². The monoisotopic (exact) mass is 629 g/mol. The third-order valence-electron chi connectivity index (χ3n) is 10.2. The summed E-state index contributed by atoms with van der Waals surface area (Å²) < 4.78 is 0. The zero-order chi connectivity index (χ0) is 33.8. The predicted molar refractivity (Wildman–Crippen MR) is 209 cm³/mol. The number of rotatable bonds is 7. The van der Waals surface area contributed by atoms with E-state index < -0.39 is 0 Å². The highest BCUT2D eigenvalue weighted by Crippen LogP contribution is 2.47. The molecule has 0 aromatic heterocycles. The maximum absolute atomic E-state index is 3.67. The van der Waals surface area contributed by atoms with E-state index in [0.29, 0.717) is 0 Å². The van der Waals surface area contributed by atoms with E-state index in [1.54, 1.807) is 0 Å². The van der Waals surface area contributed by atoms with E-state index in [0.717, 1.165) is 32.4 Å². The highest BCUT2D eigenvalue weighted by atomic mass is 14.8. The second-order valence-corrected chi connectivity index (χ2v) is 14.0. The Morgan fingerprint density at radius 2 is 1.35 bits per heavy atom. The van der Waals surface area contributed by atoms with E-state index in [2.05, 4.69) is 169 Å². The lowest BCUT2D eigenvalue weighted by Crippen LogP contribution is -2.32. The van der Waals surface area contributed by atoms with E-state index >= 15 is 0 Å². The van der Waals surface area contributed by atoms with E-state index in [1.807, 2.05) is 0 Å². The van der Waals surface area contributed by atoms with Crippen LogP contribution in [0.4, 0.5) is 0 Å². The number of nitrogens with one attached hydrogen (secondary N) is 1. The molecule has 1 heteroatoms. The van der Waals surface area contributed by atoms with Crippen molar-refractivity contribution in [3.63, 3.8) is 0 Å². The van der Waals surface area contributed by atoms with Gasteiger partial charge in [-0.25, -0.2) is 0 Å². The normalized spacial score (nSPS) is 16.7. The fourth-order valence-electron chi connectivity index (χ4n) is 8.02. The number of hydrogen-bond donors (Lipinski definition) is 1. The van der Waals surface area contributed by atoms with Crippen molar-refractivity contribution in [3.05, 3.63) is 181 Å². The first kappa shape index (κ1) is 33.4. The minimum atomic E-state index is -0.261. The Morgan fingerprint density at radius 3 is 1.96 bits per heavy atom. The molecule has 1 nitrogen and oxygen atoms in total. The Labute approximate surface area is 289 Å². The van der Waals surface area contributed by atoms with Crippen molar-refractivity contribution in [1.82, 2.24) is 5.32 Å². The molecule has 0 atom stereocenters. The van der Waals surface area contributed by atoms with Gasteiger partial charge in [-0.05, 0) is 135 Å². The van der Waals surface area contributed by atoms with Crippen LogP contribution in [0.2, 0.25) is 0 Å². The third kappa shape index (κ3) is 6.62. The molecule has 1 heterocycles. The first-order valence-corrected chi connectivity index (χ1v) is 17.7. The molecular weight excluding hydrogens is 579 g/mol. The van der Waals surface area contributed by atoms with Gasteiger partial charge >= 0.3 is 0 Å². The van der Waals surface area contributed by atoms with Crippen LogP contribution in [0.5, 0.6) is 0 Å². The first-order chi connectivity index (χ1) is 23.2. The van der Waals surface area contributed by atoms with Gasteiger partial charge in [0.2, 0.25) is 0 Å². The molecular formula is C47H51N. The third-order valence-corrected chi connectivity index (χ3v) is 10.2. The van der Waals surface area contributed by atoms with Gasteiger partial charge in [0.1, 0.15) is 0 Å². The van der Waals surface area contributed by atoms with Gasteiger partial charge in [0, 0.05) is 12.0 Å². The van der Waals surface area contributed by atoms with Gasteiger partial charge in [0.15, 0.2) is 0 Å².